The summed E-state index contributed by atoms with van der Waals surface area (Å²) in [7, 11) is 2.18. The summed E-state index contributed by atoms with van der Waals surface area (Å²) in [6, 6.07) is 6.91. The van der Waals surface area contributed by atoms with Gasteiger partial charge in [-0.25, -0.2) is 0 Å². The van der Waals surface area contributed by atoms with E-state index in [1.807, 2.05) is 0 Å². The van der Waals surface area contributed by atoms with Crippen LogP contribution >= 0.6 is 0 Å². The Morgan fingerprint density at radius 3 is 2.94 bits per heavy atom. The Balaban J connectivity index is 1.72. The van der Waals surface area contributed by atoms with Crippen molar-refractivity contribution < 1.29 is 0 Å². The number of benzene rings is 1. The van der Waals surface area contributed by atoms with E-state index in [4.69, 9.17) is 0 Å². The van der Waals surface area contributed by atoms with E-state index < -0.39 is 0 Å². The van der Waals surface area contributed by atoms with Crippen LogP contribution in [0.3, 0.4) is 0 Å². The van der Waals surface area contributed by atoms with Gasteiger partial charge in [-0.15, -0.1) is 0 Å². The fraction of sp³-hybridized carbons (Fsp3) is 0.571. The van der Waals surface area contributed by atoms with E-state index in [2.05, 4.69) is 42.4 Å². The van der Waals surface area contributed by atoms with Crippen molar-refractivity contribution in [3.8, 4) is 0 Å². The smallest absolute Gasteiger partial charge is 0.0397 e. The zero-order valence-electron chi connectivity index (χ0n) is 10.2. The highest BCUT2D eigenvalue weighted by Gasteiger charge is 2.36. The summed E-state index contributed by atoms with van der Waals surface area (Å²) in [6.07, 6.45) is 3.87. The molecule has 3 rings (SSSR count). The Labute approximate surface area is 97.6 Å². The minimum absolute atomic E-state index is 0.440. The van der Waals surface area contributed by atoms with E-state index >= 15 is 0 Å². The van der Waals surface area contributed by atoms with E-state index in [9.17, 15) is 0 Å². The number of nitrogens with one attached hydrogen (secondary N) is 1. The second-order valence-corrected chi connectivity index (χ2v) is 5.55. The predicted molar refractivity (Wildman–Crippen MR) is 67.9 cm³/mol. The topological polar surface area (TPSA) is 15.3 Å². The van der Waals surface area contributed by atoms with Crippen LogP contribution in [0.2, 0.25) is 0 Å². The normalized spacial score (nSPS) is 21.0. The van der Waals surface area contributed by atoms with Crippen LogP contribution in [-0.4, -0.2) is 19.1 Å². The summed E-state index contributed by atoms with van der Waals surface area (Å²) in [5.74, 6) is 0. The van der Waals surface area contributed by atoms with Crippen molar-refractivity contribution in [2.24, 2.45) is 0 Å². The third-order valence-electron chi connectivity index (χ3n) is 3.99. The van der Waals surface area contributed by atoms with Crippen molar-refractivity contribution >= 4 is 5.69 Å². The second-order valence-electron chi connectivity index (χ2n) is 5.55. The molecule has 0 bridgehead atoms. The number of nitrogens with zero attached hydrogens (tertiary/aromatic N) is 1. The van der Waals surface area contributed by atoms with Crippen molar-refractivity contribution in [1.29, 1.82) is 0 Å². The molecule has 1 aliphatic heterocycles. The van der Waals surface area contributed by atoms with Crippen LogP contribution in [0.25, 0.3) is 0 Å². The summed E-state index contributed by atoms with van der Waals surface area (Å²) in [6.45, 7) is 4.51. The van der Waals surface area contributed by atoms with Gasteiger partial charge in [-0.05, 0) is 43.4 Å². The molecule has 1 aromatic carbocycles. The molecule has 0 aromatic heterocycles. The van der Waals surface area contributed by atoms with Gasteiger partial charge >= 0.3 is 0 Å². The quantitative estimate of drug-likeness (QED) is 0.834. The number of fused-ring (bicyclic) bond motifs is 1. The molecule has 2 nitrogen and oxygen atoms in total. The van der Waals surface area contributed by atoms with Crippen molar-refractivity contribution in [3.63, 3.8) is 0 Å². The highest BCUT2D eigenvalue weighted by atomic mass is 15.1. The van der Waals surface area contributed by atoms with Crippen molar-refractivity contribution in [2.75, 3.05) is 18.5 Å². The Morgan fingerprint density at radius 1 is 1.38 bits per heavy atom. The molecule has 16 heavy (non-hydrogen) atoms. The summed E-state index contributed by atoms with van der Waals surface area (Å²) in [4.78, 5) is 2.34. The van der Waals surface area contributed by atoms with Gasteiger partial charge in [0.25, 0.3) is 0 Å². The Bertz CT molecular complexity index is 407. The molecule has 1 fully saturated rings. The van der Waals surface area contributed by atoms with Gasteiger partial charge in [0.2, 0.25) is 0 Å². The minimum Gasteiger partial charge on any atom is -0.374 e. The zero-order chi connectivity index (χ0) is 11.2. The second kappa shape index (κ2) is 3.49. The summed E-state index contributed by atoms with van der Waals surface area (Å²) in [5, 5.41) is 3.64. The number of hydrogen-bond donors (Lipinski definition) is 1. The van der Waals surface area contributed by atoms with Crippen LogP contribution in [-0.2, 0) is 13.0 Å². The molecule has 2 aliphatic rings. The standard InChI is InChI=1S/C14H20N2/c1-14(6-7-14)15-10-11-3-4-13-12(9-11)5-8-16(13)2/h3-4,9,15H,5-8,10H2,1-2H3. The number of anilines is 1. The van der Waals surface area contributed by atoms with Crippen LogP contribution in [0.1, 0.15) is 30.9 Å². The molecular weight excluding hydrogens is 196 g/mol. The lowest BCUT2D eigenvalue weighted by Gasteiger charge is -2.14. The van der Waals surface area contributed by atoms with Gasteiger partial charge in [-0.1, -0.05) is 12.1 Å². The molecule has 0 unspecified atom stereocenters. The van der Waals surface area contributed by atoms with Gasteiger partial charge in [-0.3, -0.25) is 0 Å². The molecule has 1 saturated carbocycles. The van der Waals surface area contributed by atoms with Gasteiger partial charge in [0.15, 0.2) is 0 Å². The van der Waals surface area contributed by atoms with Gasteiger partial charge in [0.1, 0.15) is 0 Å². The summed E-state index contributed by atoms with van der Waals surface area (Å²) >= 11 is 0. The fourth-order valence-corrected chi connectivity index (χ4v) is 2.41. The van der Waals surface area contributed by atoms with E-state index in [1.54, 1.807) is 0 Å². The first-order valence-electron chi connectivity index (χ1n) is 6.24. The maximum absolute atomic E-state index is 3.64. The molecule has 0 saturated heterocycles. The molecule has 1 N–H and O–H groups in total. The van der Waals surface area contributed by atoms with Crippen LogP contribution in [0, 0.1) is 0 Å². The van der Waals surface area contributed by atoms with Crippen LogP contribution in [0.15, 0.2) is 18.2 Å². The van der Waals surface area contributed by atoms with E-state index in [-0.39, 0.29) is 0 Å². The number of rotatable bonds is 3. The molecule has 0 radical (unpaired) electrons. The molecule has 1 aromatic rings. The van der Waals surface area contributed by atoms with E-state index in [0.29, 0.717) is 5.54 Å². The SMILES string of the molecule is CN1CCc2cc(CNC3(C)CC3)ccc21. The van der Waals surface area contributed by atoms with Crippen molar-refractivity contribution in [1.82, 2.24) is 5.32 Å². The minimum atomic E-state index is 0.440. The highest BCUT2D eigenvalue weighted by Crippen LogP contribution is 2.35. The lowest BCUT2D eigenvalue weighted by Crippen LogP contribution is -2.26. The summed E-state index contributed by atoms with van der Waals surface area (Å²) < 4.78 is 0. The molecule has 0 amide bonds. The molecule has 0 spiro atoms. The van der Waals surface area contributed by atoms with Crippen molar-refractivity contribution in [3.05, 3.63) is 29.3 Å². The van der Waals surface area contributed by atoms with Gasteiger partial charge in [0, 0.05) is 31.4 Å². The average molecular weight is 216 g/mol. The zero-order valence-corrected chi connectivity index (χ0v) is 10.2. The third kappa shape index (κ3) is 1.82. The third-order valence-corrected chi connectivity index (χ3v) is 3.99. The maximum Gasteiger partial charge on any atom is 0.0397 e. The number of likely N-dealkylation sites (N-methyl/N-ethyl adjacent to an activating group) is 1. The molecular formula is C14H20N2. The predicted octanol–water partition coefficient (Wildman–Crippen LogP) is 2.32. The Morgan fingerprint density at radius 2 is 2.19 bits per heavy atom. The first kappa shape index (κ1) is 10.2. The highest BCUT2D eigenvalue weighted by molar-refractivity contribution is 5.58. The van der Waals surface area contributed by atoms with Gasteiger partial charge in [0.05, 0.1) is 0 Å². The fourth-order valence-electron chi connectivity index (χ4n) is 2.41. The molecule has 2 heteroatoms. The Kier molecular flexibility index (Phi) is 2.21. The lowest BCUT2D eigenvalue weighted by molar-refractivity contribution is 0.537. The monoisotopic (exact) mass is 216 g/mol. The molecule has 0 atom stereocenters. The maximum atomic E-state index is 3.64. The number of hydrogen-bond acceptors (Lipinski definition) is 2. The molecule has 1 aliphatic carbocycles. The largest absolute Gasteiger partial charge is 0.374 e. The summed E-state index contributed by atoms with van der Waals surface area (Å²) in [5.41, 5.74) is 4.81. The van der Waals surface area contributed by atoms with Gasteiger partial charge in [-0.2, -0.15) is 0 Å². The average Bonchev–Trinajstić information content (AvgIpc) is 2.91. The molecule has 86 valence electrons. The van der Waals surface area contributed by atoms with E-state index in [1.165, 1.54) is 42.6 Å². The van der Waals surface area contributed by atoms with E-state index in [0.717, 1.165) is 6.54 Å². The van der Waals surface area contributed by atoms with Crippen LogP contribution < -0.4 is 10.2 Å². The van der Waals surface area contributed by atoms with Crippen molar-refractivity contribution in [2.45, 2.75) is 38.3 Å². The van der Waals surface area contributed by atoms with Gasteiger partial charge < -0.3 is 10.2 Å². The molecule has 1 heterocycles. The van der Waals surface area contributed by atoms with Crippen LogP contribution in [0.4, 0.5) is 5.69 Å². The Hall–Kier alpha value is -1.02. The van der Waals surface area contributed by atoms with Crippen LogP contribution in [0.5, 0.6) is 0 Å². The lowest BCUT2D eigenvalue weighted by atomic mass is 10.1. The first-order valence-corrected chi connectivity index (χ1v) is 6.24. The first-order chi connectivity index (χ1) is 7.66.